The molecule has 3 N–H and O–H groups in total. The first-order chi connectivity index (χ1) is 10.7. The molecule has 0 atom stereocenters. The van der Waals surface area contributed by atoms with Crippen molar-refractivity contribution in [2.75, 3.05) is 5.73 Å². The molecule has 0 radical (unpaired) electrons. The maximum atomic E-state index is 6.21. The average Bonchev–Trinajstić information content (AvgIpc) is 3.08. The van der Waals surface area contributed by atoms with E-state index in [-0.39, 0.29) is 0 Å². The van der Waals surface area contributed by atoms with Crippen LogP contribution in [0, 0.1) is 6.92 Å². The maximum Gasteiger partial charge on any atom is 0.208 e. The zero-order valence-corrected chi connectivity index (χ0v) is 13.9. The van der Waals surface area contributed by atoms with Crippen LogP contribution < -0.4 is 5.73 Å². The normalized spacial score (nSPS) is 14.4. The Morgan fingerprint density at radius 1 is 1.23 bits per heavy atom. The first-order valence-electron chi connectivity index (χ1n) is 7.29. The molecule has 0 aromatic carbocycles. The molecular weight excluding hydrogens is 316 g/mol. The van der Waals surface area contributed by atoms with Crippen LogP contribution in [0.2, 0.25) is 0 Å². The van der Waals surface area contributed by atoms with E-state index < -0.39 is 0 Å². The fourth-order valence-corrected chi connectivity index (χ4v) is 4.80. The van der Waals surface area contributed by atoms with E-state index in [1.165, 1.54) is 35.0 Å². The van der Waals surface area contributed by atoms with E-state index in [0.29, 0.717) is 16.7 Å². The summed E-state index contributed by atoms with van der Waals surface area (Å²) in [4.78, 5) is 15.9. The van der Waals surface area contributed by atoms with Gasteiger partial charge in [-0.1, -0.05) is 11.8 Å². The number of hydrogen-bond acceptors (Lipinski definition) is 7. The number of anilines is 1. The van der Waals surface area contributed by atoms with Crippen LogP contribution in [0.15, 0.2) is 5.16 Å². The van der Waals surface area contributed by atoms with Crippen molar-refractivity contribution in [2.45, 2.75) is 43.5 Å². The molecule has 22 heavy (non-hydrogen) atoms. The second kappa shape index (κ2) is 5.51. The van der Waals surface area contributed by atoms with Crippen LogP contribution in [0.4, 0.5) is 5.82 Å². The minimum Gasteiger partial charge on any atom is -0.383 e. The Hall–Kier alpha value is -1.67. The standard InChI is InChI=1S/C14H16N6S2/c1-7-16-14(20-19-7)21-6-10-17-12(15)11-8-4-2-3-5-9(8)22-13(11)18-10/h2-6H2,1H3,(H2,15,17,18)(H,16,19,20). The molecule has 1 aliphatic rings. The minimum absolute atomic E-state index is 0.617. The molecule has 0 amide bonds. The lowest BCUT2D eigenvalue weighted by molar-refractivity contribution is 0.700. The topological polar surface area (TPSA) is 93.4 Å². The lowest BCUT2D eigenvalue weighted by Gasteiger charge is -2.10. The van der Waals surface area contributed by atoms with Crippen molar-refractivity contribution >= 4 is 39.1 Å². The monoisotopic (exact) mass is 332 g/mol. The van der Waals surface area contributed by atoms with Gasteiger partial charge < -0.3 is 5.73 Å². The molecule has 1 aliphatic carbocycles. The molecule has 0 bridgehead atoms. The summed E-state index contributed by atoms with van der Waals surface area (Å²) in [6.45, 7) is 1.88. The number of nitrogens with zero attached hydrogens (tertiary/aromatic N) is 4. The summed E-state index contributed by atoms with van der Waals surface area (Å²) in [5.41, 5.74) is 7.59. The van der Waals surface area contributed by atoms with E-state index in [0.717, 1.165) is 34.7 Å². The third kappa shape index (κ3) is 2.46. The molecule has 114 valence electrons. The van der Waals surface area contributed by atoms with Crippen LogP contribution in [-0.4, -0.2) is 25.1 Å². The maximum absolute atomic E-state index is 6.21. The predicted octanol–water partition coefficient (Wildman–Crippen LogP) is 2.87. The fourth-order valence-electron chi connectivity index (χ4n) is 2.81. The van der Waals surface area contributed by atoms with Gasteiger partial charge in [0.25, 0.3) is 0 Å². The highest BCUT2D eigenvalue weighted by atomic mass is 32.2. The summed E-state index contributed by atoms with van der Waals surface area (Å²) in [6.07, 6.45) is 4.75. The van der Waals surface area contributed by atoms with E-state index in [4.69, 9.17) is 10.7 Å². The zero-order chi connectivity index (χ0) is 15.1. The Kier molecular flexibility index (Phi) is 3.50. The molecule has 0 spiro atoms. The van der Waals surface area contributed by atoms with Crippen LogP contribution in [0.5, 0.6) is 0 Å². The quantitative estimate of drug-likeness (QED) is 0.716. The number of hydrogen-bond donors (Lipinski definition) is 2. The molecule has 3 aromatic heterocycles. The Morgan fingerprint density at radius 3 is 2.91 bits per heavy atom. The minimum atomic E-state index is 0.617. The summed E-state index contributed by atoms with van der Waals surface area (Å²) < 4.78 is 0. The largest absolute Gasteiger partial charge is 0.383 e. The molecule has 0 saturated heterocycles. The Labute approximate surface area is 136 Å². The van der Waals surface area contributed by atoms with Crippen molar-refractivity contribution in [2.24, 2.45) is 0 Å². The Balaban J connectivity index is 1.65. The van der Waals surface area contributed by atoms with Crippen LogP contribution in [0.3, 0.4) is 0 Å². The van der Waals surface area contributed by atoms with Crippen molar-refractivity contribution in [3.8, 4) is 0 Å². The summed E-state index contributed by atoms with van der Waals surface area (Å²) in [7, 11) is 0. The van der Waals surface area contributed by atoms with Gasteiger partial charge in [0.2, 0.25) is 5.16 Å². The van der Waals surface area contributed by atoms with Gasteiger partial charge in [0.05, 0.1) is 11.1 Å². The van der Waals surface area contributed by atoms with Crippen molar-refractivity contribution < 1.29 is 0 Å². The number of rotatable bonds is 3. The van der Waals surface area contributed by atoms with Gasteiger partial charge in [-0.05, 0) is 38.2 Å². The van der Waals surface area contributed by atoms with Crippen molar-refractivity contribution in [1.29, 1.82) is 0 Å². The smallest absolute Gasteiger partial charge is 0.208 e. The summed E-state index contributed by atoms with van der Waals surface area (Å²) in [5.74, 6) is 2.80. The van der Waals surface area contributed by atoms with Crippen LogP contribution >= 0.6 is 23.1 Å². The number of aromatic nitrogens is 5. The van der Waals surface area contributed by atoms with E-state index in [1.54, 1.807) is 11.3 Å². The zero-order valence-electron chi connectivity index (χ0n) is 12.2. The predicted molar refractivity (Wildman–Crippen MR) is 89.2 cm³/mol. The molecule has 0 saturated carbocycles. The number of fused-ring (bicyclic) bond motifs is 3. The molecule has 6 nitrogen and oxygen atoms in total. The number of nitrogen functional groups attached to an aromatic ring is 1. The summed E-state index contributed by atoms with van der Waals surface area (Å²) in [6, 6.07) is 0. The van der Waals surface area contributed by atoms with E-state index in [2.05, 4.69) is 20.2 Å². The first-order valence-corrected chi connectivity index (χ1v) is 9.09. The highest BCUT2D eigenvalue weighted by molar-refractivity contribution is 7.98. The highest BCUT2D eigenvalue weighted by Gasteiger charge is 2.20. The van der Waals surface area contributed by atoms with Gasteiger partial charge in [-0.3, -0.25) is 5.10 Å². The van der Waals surface area contributed by atoms with Gasteiger partial charge in [0.1, 0.15) is 22.3 Å². The molecule has 0 aliphatic heterocycles. The number of aromatic amines is 1. The SMILES string of the molecule is Cc1nc(SCc2nc(N)c3c4c(sc3n2)CCCC4)n[nH]1. The van der Waals surface area contributed by atoms with Gasteiger partial charge in [0, 0.05) is 4.88 Å². The Morgan fingerprint density at radius 2 is 2.09 bits per heavy atom. The van der Waals surface area contributed by atoms with Crippen molar-refractivity contribution in [3.05, 3.63) is 22.1 Å². The van der Waals surface area contributed by atoms with Crippen molar-refractivity contribution in [3.63, 3.8) is 0 Å². The average molecular weight is 332 g/mol. The van der Waals surface area contributed by atoms with E-state index in [9.17, 15) is 0 Å². The number of H-pyrrole nitrogens is 1. The molecule has 0 unspecified atom stereocenters. The van der Waals surface area contributed by atoms with E-state index >= 15 is 0 Å². The first kappa shape index (κ1) is 14.0. The molecular formula is C14H16N6S2. The molecule has 0 fully saturated rings. The van der Waals surface area contributed by atoms with Gasteiger partial charge in [-0.15, -0.1) is 16.4 Å². The van der Waals surface area contributed by atoms with Gasteiger partial charge in [-0.2, -0.15) is 0 Å². The van der Waals surface area contributed by atoms with Gasteiger partial charge >= 0.3 is 0 Å². The summed E-state index contributed by atoms with van der Waals surface area (Å²) in [5, 5.41) is 8.74. The van der Waals surface area contributed by atoms with Crippen LogP contribution in [0.25, 0.3) is 10.2 Å². The molecule has 3 heterocycles. The number of thiophene rings is 1. The molecule has 4 rings (SSSR count). The number of nitrogens with one attached hydrogen (secondary N) is 1. The number of aryl methyl sites for hydroxylation is 3. The lowest BCUT2D eigenvalue weighted by atomic mass is 9.97. The molecule has 8 heteroatoms. The van der Waals surface area contributed by atoms with Crippen LogP contribution in [0.1, 0.15) is 34.9 Å². The molecule has 3 aromatic rings. The van der Waals surface area contributed by atoms with Crippen molar-refractivity contribution in [1.82, 2.24) is 25.1 Å². The van der Waals surface area contributed by atoms with Gasteiger partial charge in [-0.25, -0.2) is 15.0 Å². The third-order valence-electron chi connectivity index (χ3n) is 3.80. The second-order valence-electron chi connectivity index (χ2n) is 5.41. The lowest BCUT2D eigenvalue weighted by Crippen LogP contribution is -2.02. The highest BCUT2D eigenvalue weighted by Crippen LogP contribution is 2.38. The number of thioether (sulfide) groups is 1. The third-order valence-corrected chi connectivity index (χ3v) is 5.83. The fraction of sp³-hybridized carbons (Fsp3) is 0.429. The summed E-state index contributed by atoms with van der Waals surface area (Å²) >= 11 is 3.29. The second-order valence-corrected chi connectivity index (χ2v) is 7.43. The Bertz CT molecular complexity index is 837. The van der Waals surface area contributed by atoms with Crippen LogP contribution in [-0.2, 0) is 18.6 Å². The van der Waals surface area contributed by atoms with E-state index in [1.807, 2.05) is 6.92 Å². The number of nitrogens with two attached hydrogens (primary N) is 1. The van der Waals surface area contributed by atoms with Gasteiger partial charge in [0.15, 0.2) is 0 Å².